The number of sulfonamides is 1. The second kappa shape index (κ2) is 12.0. The molecule has 0 saturated heterocycles. The fourth-order valence-electron chi connectivity index (χ4n) is 4.09. The molecule has 0 unspecified atom stereocenters. The molecule has 0 aliphatic heterocycles. The summed E-state index contributed by atoms with van der Waals surface area (Å²) in [6.45, 7) is 3.74. The number of nitrogens with one attached hydrogen (secondary N) is 2. The topological polar surface area (TPSA) is 125 Å². The zero-order valence-electron chi connectivity index (χ0n) is 20.4. The maximum atomic E-state index is 13.8. The van der Waals surface area contributed by atoms with Crippen LogP contribution >= 0.6 is 11.6 Å². The van der Waals surface area contributed by atoms with Crippen LogP contribution in [0.15, 0.2) is 47.5 Å². The van der Waals surface area contributed by atoms with Gasteiger partial charge in [-0.1, -0.05) is 25.4 Å². The molecule has 1 atom stereocenters. The molecule has 8 nitrogen and oxygen atoms in total. The van der Waals surface area contributed by atoms with Crippen molar-refractivity contribution < 1.29 is 26.8 Å². The summed E-state index contributed by atoms with van der Waals surface area (Å²) in [6.07, 6.45) is 1.99. The van der Waals surface area contributed by atoms with Gasteiger partial charge in [0.25, 0.3) is 0 Å². The lowest BCUT2D eigenvalue weighted by molar-refractivity contribution is -0.139. The Morgan fingerprint density at radius 2 is 1.81 bits per heavy atom. The Morgan fingerprint density at radius 3 is 2.46 bits per heavy atom. The normalized spacial score (nSPS) is 12.7. The zero-order valence-corrected chi connectivity index (χ0v) is 22.0. The Balaban J connectivity index is 1.75. The number of halogens is 3. The monoisotopic (exact) mass is 554 g/mol. The van der Waals surface area contributed by atoms with Crippen LogP contribution in [-0.2, 0) is 26.0 Å². The van der Waals surface area contributed by atoms with E-state index in [1.165, 1.54) is 17.0 Å². The molecule has 0 aliphatic carbocycles. The van der Waals surface area contributed by atoms with Crippen molar-refractivity contribution in [3.63, 3.8) is 0 Å². The summed E-state index contributed by atoms with van der Waals surface area (Å²) in [7, 11) is -4.03. The molecule has 3 aromatic rings. The van der Waals surface area contributed by atoms with E-state index >= 15 is 0 Å². The second-order valence-corrected chi connectivity index (χ2v) is 11.3. The summed E-state index contributed by atoms with van der Waals surface area (Å²) >= 11 is 5.87. The number of H-pyrrole nitrogens is 1. The van der Waals surface area contributed by atoms with Gasteiger partial charge in [-0.3, -0.25) is 9.59 Å². The summed E-state index contributed by atoms with van der Waals surface area (Å²) in [4.78, 5) is 29.7. The van der Waals surface area contributed by atoms with Gasteiger partial charge in [0.1, 0.15) is 22.6 Å². The number of nitrogens with zero attached hydrogens (tertiary/aromatic N) is 1. The number of carbonyl (C=O) groups excluding carboxylic acids is 2. The smallest absolute Gasteiger partial charge is 0.242 e. The molecular weight excluding hydrogens is 526 g/mol. The molecule has 0 radical (unpaired) electrons. The third-order valence-electron chi connectivity index (χ3n) is 5.84. The number of carbonyl (C=O) groups is 2. The maximum absolute atomic E-state index is 13.8. The number of aromatic amines is 1. The minimum atomic E-state index is -4.03. The first-order chi connectivity index (χ1) is 17.4. The average Bonchev–Trinajstić information content (AvgIpc) is 3.18. The quantitative estimate of drug-likeness (QED) is 0.295. The van der Waals surface area contributed by atoms with Gasteiger partial charge in [0.2, 0.25) is 21.8 Å². The van der Waals surface area contributed by atoms with Crippen molar-refractivity contribution in [3.05, 3.63) is 64.8 Å². The molecule has 12 heteroatoms. The Labute approximate surface area is 219 Å². The van der Waals surface area contributed by atoms with E-state index in [2.05, 4.69) is 9.71 Å². The number of amides is 2. The van der Waals surface area contributed by atoms with Gasteiger partial charge in [-0.15, -0.1) is 0 Å². The molecule has 0 aliphatic rings. The number of aromatic nitrogens is 1. The van der Waals surface area contributed by atoms with Crippen LogP contribution in [0.1, 0.15) is 32.3 Å². The Kier molecular flexibility index (Phi) is 9.27. The van der Waals surface area contributed by atoms with Crippen LogP contribution in [0.4, 0.5) is 8.78 Å². The van der Waals surface area contributed by atoms with Crippen molar-refractivity contribution in [3.8, 4) is 0 Å². The Bertz CT molecular complexity index is 1390. The predicted molar refractivity (Wildman–Crippen MR) is 137 cm³/mol. The highest BCUT2D eigenvalue weighted by atomic mass is 35.5. The molecule has 4 N–H and O–H groups in total. The van der Waals surface area contributed by atoms with Gasteiger partial charge in [-0.05, 0) is 60.7 Å². The van der Waals surface area contributed by atoms with Gasteiger partial charge < -0.3 is 15.6 Å². The molecule has 200 valence electrons. The fourth-order valence-corrected chi connectivity index (χ4v) is 5.69. The van der Waals surface area contributed by atoms with E-state index in [0.717, 1.165) is 18.2 Å². The molecule has 0 saturated carbocycles. The fraction of sp³-hybridized carbons (Fsp3) is 0.360. The minimum Gasteiger partial charge on any atom is -0.368 e. The van der Waals surface area contributed by atoms with Crippen molar-refractivity contribution in [1.82, 2.24) is 14.6 Å². The highest BCUT2D eigenvalue weighted by molar-refractivity contribution is 7.89. The van der Waals surface area contributed by atoms with Crippen LogP contribution in [-0.4, -0.2) is 49.2 Å². The summed E-state index contributed by atoms with van der Waals surface area (Å²) < 4.78 is 54.6. The molecule has 1 heterocycles. The number of nitrogens with two attached hydrogens (primary N) is 1. The molecule has 0 spiro atoms. The highest BCUT2D eigenvalue weighted by Gasteiger charge is 2.29. The maximum Gasteiger partial charge on any atom is 0.242 e. The third kappa shape index (κ3) is 7.27. The van der Waals surface area contributed by atoms with E-state index in [1.54, 1.807) is 12.3 Å². The van der Waals surface area contributed by atoms with Crippen LogP contribution in [0.2, 0.25) is 5.02 Å². The first-order valence-corrected chi connectivity index (χ1v) is 13.5. The molecule has 37 heavy (non-hydrogen) atoms. The number of rotatable bonds is 12. The lowest BCUT2D eigenvalue weighted by Crippen LogP contribution is -2.50. The molecule has 3 rings (SSSR count). The summed E-state index contributed by atoms with van der Waals surface area (Å²) in [5.41, 5.74) is 6.86. The molecule has 2 aromatic carbocycles. The molecule has 0 fully saturated rings. The molecule has 1 aromatic heterocycles. The first kappa shape index (κ1) is 28.5. The van der Waals surface area contributed by atoms with Crippen LogP contribution in [0.3, 0.4) is 0 Å². The second-order valence-electron chi connectivity index (χ2n) is 9.14. The van der Waals surface area contributed by atoms with E-state index < -0.39 is 39.5 Å². The molecular formula is C25H29ClF2N4O4S. The van der Waals surface area contributed by atoms with Crippen molar-refractivity contribution in [2.24, 2.45) is 11.7 Å². The van der Waals surface area contributed by atoms with E-state index in [0.29, 0.717) is 22.9 Å². The third-order valence-corrected chi connectivity index (χ3v) is 7.79. The van der Waals surface area contributed by atoms with E-state index in [-0.39, 0.29) is 41.8 Å². The Hall–Kier alpha value is -3.02. The van der Waals surface area contributed by atoms with E-state index in [9.17, 15) is 26.8 Å². The van der Waals surface area contributed by atoms with Crippen molar-refractivity contribution in [2.45, 2.75) is 44.0 Å². The molecule has 0 bridgehead atoms. The number of primary amides is 1. The number of hydrogen-bond donors (Lipinski definition) is 3. The van der Waals surface area contributed by atoms with Gasteiger partial charge in [-0.2, -0.15) is 0 Å². The lowest BCUT2D eigenvalue weighted by Gasteiger charge is -2.31. The SMILES string of the molecule is CC(C)C[C@@H](C(N)=O)N(CCCNS(=O)(=O)c1ccc(F)cc1Cl)C(=O)Cc1c[nH]c2ccc(F)cc12. The van der Waals surface area contributed by atoms with Gasteiger partial charge in [0.05, 0.1) is 11.4 Å². The van der Waals surface area contributed by atoms with E-state index in [4.69, 9.17) is 17.3 Å². The van der Waals surface area contributed by atoms with E-state index in [1.807, 2.05) is 13.8 Å². The largest absolute Gasteiger partial charge is 0.368 e. The standard InChI is InChI=1S/C25H29ClF2N4O4S/c1-15(2)10-22(25(29)34)32(24(33)11-16-14-30-21-6-4-17(27)12-19(16)21)9-3-8-31-37(35,36)23-7-5-18(28)13-20(23)26/h4-7,12-15,22,30-31H,3,8-11H2,1-2H3,(H2,29,34)/t22-/m0/s1. The number of hydrogen-bond acceptors (Lipinski definition) is 4. The van der Waals surface area contributed by atoms with Crippen LogP contribution in [0.5, 0.6) is 0 Å². The van der Waals surface area contributed by atoms with Crippen LogP contribution in [0, 0.1) is 17.6 Å². The van der Waals surface area contributed by atoms with Gasteiger partial charge >= 0.3 is 0 Å². The summed E-state index contributed by atoms with van der Waals surface area (Å²) in [5.74, 6) is -2.14. The number of fused-ring (bicyclic) bond motifs is 1. The first-order valence-electron chi connectivity index (χ1n) is 11.7. The van der Waals surface area contributed by atoms with Gasteiger partial charge in [-0.25, -0.2) is 21.9 Å². The van der Waals surface area contributed by atoms with Gasteiger partial charge in [0, 0.05) is 30.2 Å². The van der Waals surface area contributed by atoms with Crippen molar-refractivity contribution in [1.29, 1.82) is 0 Å². The predicted octanol–water partition coefficient (Wildman–Crippen LogP) is 3.74. The van der Waals surface area contributed by atoms with Crippen molar-refractivity contribution in [2.75, 3.05) is 13.1 Å². The Morgan fingerprint density at radius 1 is 1.14 bits per heavy atom. The van der Waals surface area contributed by atoms with Crippen molar-refractivity contribution >= 4 is 44.3 Å². The van der Waals surface area contributed by atoms with Crippen LogP contribution in [0.25, 0.3) is 10.9 Å². The summed E-state index contributed by atoms with van der Waals surface area (Å²) in [6, 6.07) is 6.25. The zero-order chi connectivity index (χ0) is 27.3. The number of benzene rings is 2. The van der Waals surface area contributed by atoms with Crippen LogP contribution < -0.4 is 10.5 Å². The minimum absolute atomic E-state index is 0.0372. The van der Waals surface area contributed by atoms with Gasteiger partial charge in [0.15, 0.2) is 0 Å². The average molecular weight is 555 g/mol. The lowest BCUT2D eigenvalue weighted by atomic mass is 10.0. The summed E-state index contributed by atoms with van der Waals surface area (Å²) in [5, 5.41) is 0.293. The molecule has 2 amide bonds. The highest BCUT2D eigenvalue weighted by Crippen LogP contribution is 2.23.